The van der Waals surface area contributed by atoms with Crippen molar-refractivity contribution in [3.63, 3.8) is 0 Å². The van der Waals surface area contributed by atoms with E-state index in [4.69, 9.17) is 24.6 Å². The number of carbonyl (C=O) groups excluding carboxylic acids is 4. The first kappa shape index (κ1) is 48.1. The Bertz CT molecular complexity index is 2300. The van der Waals surface area contributed by atoms with Gasteiger partial charge in [0, 0.05) is 42.7 Å². The summed E-state index contributed by atoms with van der Waals surface area (Å²) in [6, 6.07) is 3.52. The van der Waals surface area contributed by atoms with Gasteiger partial charge in [-0.2, -0.15) is 0 Å². The number of aromatic hydroxyl groups is 1. The van der Waals surface area contributed by atoms with Crippen LogP contribution in [0.2, 0.25) is 0 Å². The molecule has 1 aromatic heterocycles. The van der Waals surface area contributed by atoms with Crippen LogP contribution in [0.15, 0.2) is 29.8 Å². The first-order valence-electron chi connectivity index (χ1n) is 23.4. The molecule has 4 fully saturated rings. The fourth-order valence-electron chi connectivity index (χ4n) is 9.23. The van der Waals surface area contributed by atoms with Crippen LogP contribution in [0.25, 0.3) is 10.9 Å². The van der Waals surface area contributed by atoms with Gasteiger partial charge in [0.2, 0.25) is 21.8 Å². The molecule has 2 aromatic rings. The van der Waals surface area contributed by atoms with Gasteiger partial charge in [0.05, 0.1) is 41.5 Å². The van der Waals surface area contributed by atoms with Crippen molar-refractivity contribution in [3.8, 4) is 11.5 Å². The van der Waals surface area contributed by atoms with Crippen LogP contribution in [0.1, 0.15) is 117 Å². The van der Waals surface area contributed by atoms with Gasteiger partial charge in [0.1, 0.15) is 29.2 Å². The number of nitrogens with zero attached hydrogens (tertiary/aromatic N) is 3. The highest BCUT2D eigenvalue weighted by molar-refractivity contribution is 7.91. The maximum atomic E-state index is 14.7. The third-order valence-electron chi connectivity index (χ3n) is 13.5. The van der Waals surface area contributed by atoms with Crippen molar-refractivity contribution < 1.29 is 46.9 Å². The molecule has 4 amide bonds. The minimum atomic E-state index is -4.12. The Morgan fingerprint density at radius 3 is 2.55 bits per heavy atom. The number of nitrogens with one attached hydrogen (secondary N) is 4. The first-order valence-corrected chi connectivity index (χ1v) is 24.9. The van der Waals surface area contributed by atoms with Crippen molar-refractivity contribution in [1.29, 1.82) is 5.41 Å². The summed E-state index contributed by atoms with van der Waals surface area (Å²) in [5.74, 6) is -1.77. The topological polar surface area (TPSA) is 230 Å². The van der Waals surface area contributed by atoms with Crippen molar-refractivity contribution in [3.05, 3.63) is 41.1 Å². The number of amides is 4. The molecule has 0 radical (unpaired) electrons. The highest BCUT2D eigenvalue weighted by atomic mass is 32.2. The van der Waals surface area contributed by atoms with Crippen LogP contribution >= 0.6 is 0 Å². The largest absolute Gasteiger partial charge is 0.506 e. The fourth-order valence-corrected chi connectivity index (χ4v) is 10.5. The number of pyridine rings is 1. The Labute approximate surface area is 382 Å². The zero-order chi connectivity index (χ0) is 46.7. The molecule has 356 valence electrons. The van der Waals surface area contributed by atoms with E-state index >= 15 is 0 Å². The number of aryl methyl sites for hydroxylation is 2. The van der Waals surface area contributed by atoms with Crippen LogP contribution in [-0.2, 0) is 46.7 Å². The number of allylic oxidation sites excluding steroid dienone is 1. The van der Waals surface area contributed by atoms with Crippen molar-refractivity contribution in [2.45, 2.75) is 146 Å². The van der Waals surface area contributed by atoms with Crippen LogP contribution < -0.4 is 20.1 Å². The summed E-state index contributed by atoms with van der Waals surface area (Å²) in [5, 5.41) is 26.8. The molecule has 2 saturated carbocycles. The summed E-state index contributed by atoms with van der Waals surface area (Å²) in [5.41, 5.74) is -0.877. The fraction of sp³-hybridized carbons (Fsp3) is 0.660. The molecule has 65 heavy (non-hydrogen) atoms. The summed E-state index contributed by atoms with van der Waals surface area (Å²) in [7, 11) is -4.12. The molecule has 2 aliphatic carbocycles. The number of morpholine rings is 1. The minimum absolute atomic E-state index is 0.0854. The van der Waals surface area contributed by atoms with Gasteiger partial charge in [-0.05, 0) is 116 Å². The summed E-state index contributed by atoms with van der Waals surface area (Å²) in [6.07, 6.45) is 7.62. The van der Waals surface area contributed by atoms with E-state index in [9.17, 15) is 32.7 Å². The van der Waals surface area contributed by atoms with Crippen LogP contribution in [0.4, 0.5) is 4.79 Å². The lowest BCUT2D eigenvalue weighted by molar-refractivity contribution is -0.140. The Kier molecular flexibility index (Phi) is 14.5. The van der Waals surface area contributed by atoms with Gasteiger partial charge < -0.3 is 40.3 Å². The predicted molar refractivity (Wildman–Crippen MR) is 244 cm³/mol. The monoisotopic (exact) mass is 921 g/mol. The lowest BCUT2D eigenvalue weighted by Crippen LogP contribution is -2.59. The molecule has 3 aliphatic heterocycles. The van der Waals surface area contributed by atoms with E-state index in [2.05, 4.69) is 20.3 Å². The van der Waals surface area contributed by atoms with Gasteiger partial charge in [0.15, 0.2) is 5.54 Å². The number of alkyl carbamates (subject to hydrolysis) is 1. The Hall–Kier alpha value is -4.81. The molecule has 1 aromatic carbocycles. The predicted octanol–water partition coefficient (Wildman–Crippen LogP) is 4.81. The Balaban J connectivity index is 1.15. The quantitative estimate of drug-likeness (QED) is 0.171. The molecule has 5 N–H and O–H groups in total. The molecule has 0 bridgehead atoms. The number of aromatic nitrogens is 1. The Morgan fingerprint density at radius 2 is 1.85 bits per heavy atom. The number of ether oxygens (including phenoxy) is 3. The molecule has 5 aliphatic rings. The summed E-state index contributed by atoms with van der Waals surface area (Å²) in [6.45, 7) is 13.5. The average Bonchev–Trinajstić information content (AvgIpc) is 4.08. The van der Waals surface area contributed by atoms with Gasteiger partial charge >= 0.3 is 6.09 Å². The number of sulfonamides is 1. The standard InChI is InChI=1S/C47H67N7O10S/c1-6-35-39(55)32(33-28-31(16-18-36(33)49-35)63-24-12-21-53-22-25-62-26-23-53)17-15-30-27-38-41(56)51-47(43(58)52-65(60,61)46(5)19-20-46)34(40(47)48)13-10-8-7-9-11-14-37(42(57)54(38)29-30)50-44(59)64-45(2,3)4/h13,16,18,28,30,37-38,48,55H,6-12,14-15,17,19-27,29H2,1-5H3,(H,50,59)(H,51,56)(H,52,58). The average molecular weight is 922 g/mol. The SMILES string of the molecule is CCc1nc2ccc(OCCCN3CCOCC3)cc2c(CCC2CC3C(=O)NC4(C(=O)NS(=O)(=O)C5(C)CC5)C(=N)C4=CCCCCCCC(NC(=O)OC(C)(C)C)C(=O)N3C2)c1O. The minimum Gasteiger partial charge on any atom is -0.506 e. The first-order chi connectivity index (χ1) is 30.9. The molecule has 0 spiro atoms. The molecule has 17 nitrogen and oxygen atoms in total. The highest BCUT2D eigenvalue weighted by Gasteiger charge is 2.66. The second-order valence-electron chi connectivity index (χ2n) is 19.5. The van der Waals surface area contributed by atoms with E-state index in [1.807, 2.05) is 25.1 Å². The van der Waals surface area contributed by atoms with E-state index in [1.54, 1.807) is 33.8 Å². The van der Waals surface area contributed by atoms with E-state index in [0.717, 1.165) is 57.5 Å². The molecular weight excluding hydrogens is 855 g/mol. The highest BCUT2D eigenvalue weighted by Crippen LogP contribution is 2.45. The maximum absolute atomic E-state index is 14.7. The van der Waals surface area contributed by atoms with E-state index in [0.29, 0.717) is 86.9 Å². The number of rotatable bonds is 13. The van der Waals surface area contributed by atoms with Gasteiger partial charge in [-0.3, -0.25) is 19.3 Å². The van der Waals surface area contributed by atoms with E-state index in [1.165, 1.54) is 4.90 Å². The molecule has 7 rings (SSSR count). The van der Waals surface area contributed by atoms with Crippen molar-refractivity contribution in [1.82, 2.24) is 30.1 Å². The number of benzene rings is 1. The van der Waals surface area contributed by atoms with Crippen LogP contribution in [0, 0.1) is 11.3 Å². The van der Waals surface area contributed by atoms with Crippen LogP contribution in [-0.4, -0.2) is 132 Å². The lowest BCUT2D eigenvalue weighted by Gasteiger charge is -2.30. The summed E-state index contributed by atoms with van der Waals surface area (Å²) < 4.78 is 44.9. The van der Waals surface area contributed by atoms with Crippen LogP contribution in [0.5, 0.6) is 11.5 Å². The van der Waals surface area contributed by atoms with E-state index in [-0.39, 0.29) is 35.9 Å². The van der Waals surface area contributed by atoms with Gasteiger partial charge in [-0.15, -0.1) is 0 Å². The molecule has 4 atom stereocenters. The Morgan fingerprint density at radius 1 is 1.11 bits per heavy atom. The number of carbonyl (C=O) groups is 4. The lowest BCUT2D eigenvalue weighted by atomic mass is 9.93. The zero-order valence-electron chi connectivity index (χ0n) is 38.6. The second-order valence-corrected chi connectivity index (χ2v) is 21.7. The third kappa shape index (κ3) is 10.9. The van der Waals surface area contributed by atoms with Crippen molar-refractivity contribution >= 4 is 50.5 Å². The third-order valence-corrected chi connectivity index (χ3v) is 15.6. The molecular formula is C47H67N7O10S. The molecule has 4 heterocycles. The maximum Gasteiger partial charge on any atom is 0.408 e. The number of hydrogen-bond acceptors (Lipinski definition) is 13. The normalized spacial score (nSPS) is 25.3. The second kappa shape index (κ2) is 19.6. The molecule has 4 unspecified atom stereocenters. The van der Waals surface area contributed by atoms with Gasteiger partial charge in [-0.25, -0.2) is 22.9 Å². The molecule has 18 heteroatoms. The van der Waals surface area contributed by atoms with Gasteiger partial charge in [-0.1, -0.05) is 32.3 Å². The van der Waals surface area contributed by atoms with E-state index < -0.39 is 61.8 Å². The summed E-state index contributed by atoms with van der Waals surface area (Å²) in [4.78, 5) is 65.2. The summed E-state index contributed by atoms with van der Waals surface area (Å²) >= 11 is 0. The zero-order valence-corrected chi connectivity index (χ0v) is 39.4. The van der Waals surface area contributed by atoms with Crippen molar-refractivity contribution in [2.75, 3.05) is 46.0 Å². The van der Waals surface area contributed by atoms with Crippen molar-refractivity contribution in [2.24, 2.45) is 5.92 Å². The van der Waals surface area contributed by atoms with Gasteiger partial charge in [0.25, 0.3) is 5.91 Å². The van der Waals surface area contributed by atoms with Crippen LogP contribution in [0.3, 0.4) is 0 Å². The smallest absolute Gasteiger partial charge is 0.408 e. The molecule has 2 saturated heterocycles. The number of fused-ring (bicyclic) bond motifs is 3. The number of hydrogen-bond donors (Lipinski definition) is 5.